The van der Waals surface area contributed by atoms with E-state index in [1.165, 1.54) is 0 Å². The van der Waals surface area contributed by atoms with Crippen LogP contribution in [-0.2, 0) is 11.3 Å². The molecule has 0 spiro atoms. The van der Waals surface area contributed by atoms with E-state index in [4.69, 9.17) is 4.74 Å². The van der Waals surface area contributed by atoms with Gasteiger partial charge in [0.15, 0.2) is 0 Å². The molecule has 0 atom stereocenters. The number of esters is 1. The Labute approximate surface area is 163 Å². The summed E-state index contributed by atoms with van der Waals surface area (Å²) >= 11 is 0. The second-order valence-electron chi connectivity index (χ2n) is 5.05. The van der Waals surface area contributed by atoms with Gasteiger partial charge in [-0.1, -0.05) is 42.5 Å². The first-order valence-electron chi connectivity index (χ1n) is 7.41. The number of para-hydroxylation sites is 2. The number of benzene rings is 2. The predicted molar refractivity (Wildman–Crippen MR) is 88.6 cm³/mol. The summed E-state index contributed by atoms with van der Waals surface area (Å²) in [6.07, 6.45) is 0. The molecule has 0 aliphatic heterocycles. The average Bonchev–Trinajstić information content (AvgIpc) is 2.58. The van der Waals surface area contributed by atoms with Gasteiger partial charge in [0.1, 0.15) is 0 Å². The molecule has 0 amide bonds. The number of hydrogen-bond donors (Lipinski definition) is 0. The van der Waals surface area contributed by atoms with E-state index in [2.05, 4.69) is 4.98 Å². The molecule has 118 valence electrons. The van der Waals surface area contributed by atoms with Gasteiger partial charge in [-0.25, -0.2) is 9.78 Å². The van der Waals surface area contributed by atoms with E-state index in [9.17, 15) is 9.59 Å². The van der Waals surface area contributed by atoms with Crippen LogP contribution in [0.25, 0.3) is 11.0 Å². The van der Waals surface area contributed by atoms with Crippen LogP contribution < -0.4 is 35.1 Å². The minimum atomic E-state index is -0.690. The van der Waals surface area contributed by atoms with Crippen molar-refractivity contribution in [2.75, 3.05) is 6.61 Å². The molecule has 0 unspecified atom stereocenters. The summed E-state index contributed by atoms with van der Waals surface area (Å²) in [6, 6.07) is 16.9. The Morgan fingerprint density at radius 1 is 1.12 bits per heavy atom. The topological polar surface area (TPSA) is 61.2 Å². The zero-order chi connectivity index (χ0) is 16.2. The van der Waals surface area contributed by atoms with Crippen molar-refractivity contribution in [3.8, 4) is 0 Å². The molecule has 0 saturated heterocycles. The van der Waals surface area contributed by atoms with Gasteiger partial charge in [0.25, 0.3) is 5.56 Å². The Kier molecular flexibility index (Phi) is 6.31. The molecule has 0 aliphatic carbocycles. The Morgan fingerprint density at radius 3 is 2.50 bits per heavy atom. The normalized spacial score (nSPS) is 10.2. The van der Waals surface area contributed by atoms with Crippen LogP contribution in [0.15, 0.2) is 59.4 Å². The molecule has 0 bridgehead atoms. The van der Waals surface area contributed by atoms with Crippen molar-refractivity contribution in [2.24, 2.45) is 0 Å². The molecule has 0 aliphatic rings. The minimum absolute atomic E-state index is 0. The van der Waals surface area contributed by atoms with Crippen molar-refractivity contribution in [2.45, 2.75) is 13.5 Å². The van der Waals surface area contributed by atoms with Gasteiger partial charge in [-0.3, -0.25) is 4.79 Å². The minimum Gasteiger partial charge on any atom is -1.00 e. The van der Waals surface area contributed by atoms with E-state index in [0.717, 1.165) is 5.56 Å². The van der Waals surface area contributed by atoms with E-state index >= 15 is 0 Å². The van der Waals surface area contributed by atoms with Crippen molar-refractivity contribution in [3.05, 3.63) is 76.2 Å². The fourth-order valence-corrected chi connectivity index (χ4v) is 2.45. The number of ether oxygens (including phenoxy) is 1. The summed E-state index contributed by atoms with van der Waals surface area (Å²) in [4.78, 5) is 28.9. The second-order valence-corrected chi connectivity index (χ2v) is 5.05. The van der Waals surface area contributed by atoms with Gasteiger partial charge in [-0.15, -0.1) is 0 Å². The third kappa shape index (κ3) is 3.75. The molecule has 1 heterocycles. The summed E-state index contributed by atoms with van der Waals surface area (Å²) in [6.45, 7) is 2.27. The maximum absolute atomic E-state index is 12.7. The van der Waals surface area contributed by atoms with Crippen molar-refractivity contribution in [1.82, 2.24) is 9.55 Å². The first-order valence-corrected chi connectivity index (χ1v) is 7.41. The van der Waals surface area contributed by atoms with Crippen molar-refractivity contribution < 1.29 is 40.5 Å². The molecule has 24 heavy (non-hydrogen) atoms. The van der Waals surface area contributed by atoms with Crippen molar-refractivity contribution in [1.29, 1.82) is 0 Å². The molecule has 0 radical (unpaired) electrons. The molecule has 0 N–H and O–H groups in total. The van der Waals surface area contributed by atoms with Gasteiger partial charge >= 0.3 is 35.5 Å². The van der Waals surface area contributed by atoms with Gasteiger partial charge < -0.3 is 10.7 Å². The van der Waals surface area contributed by atoms with Gasteiger partial charge in [-0.2, -0.15) is 0 Å². The summed E-state index contributed by atoms with van der Waals surface area (Å²) in [7, 11) is 0. The van der Waals surface area contributed by atoms with Gasteiger partial charge in [0, 0.05) is 0 Å². The number of aromatic nitrogens is 2. The van der Waals surface area contributed by atoms with E-state index in [1.807, 2.05) is 48.5 Å². The Morgan fingerprint density at radius 2 is 1.79 bits per heavy atom. The monoisotopic (exact) mass is 332 g/mol. The quantitative estimate of drug-likeness (QED) is 0.488. The van der Waals surface area contributed by atoms with Crippen LogP contribution in [0.4, 0.5) is 0 Å². The van der Waals surface area contributed by atoms with E-state index in [0.29, 0.717) is 17.6 Å². The number of rotatable bonds is 4. The fraction of sp³-hybridized carbons (Fsp3) is 0.167. The summed E-state index contributed by atoms with van der Waals surface area (Å²) < 4.78 is 6.51. The van der Waals surface area contributed by atoms with Crippen LogP contribution in [0.2, 0.25) is 0 Å². The zero-order valence-corrected chi connectivity index (χ0v) is 15.7. The van der Waals surface area contributed by atoms with Gasteiger partial charge in [0.05, 0.1) is 24.2 Å². The standard InChI is InChI=1S/C18H16N2O3.Na.H/c1-2-23-18(22)16-17(21)20(12-13-8-4-3-5-9-13)15-11-7-6-10-14(15)19-16;;/h3-11H,2,12H2,1H3;;/q;+1;-1. The first-order chi connectivity index (χ1) is 11.2. The molecular weight excluding hydrogens is 315 g/mol. The molecule has 5 nitrogen and oxygen atoms in total. The van der Waals surface area contributed by atoms with Gasteiger partial charge in [-0.05, 0) is 24.6 Å². The summed E-state index contributed by atoms with van der Waals surface area (Å²) in [5.41, 5.74) is 1.63. The Hall–Kier alpha value is -1.95. The molecule has 0 fully saturated rings. The molecule has 0 saturated carbocycles. The Balaban J connectivity index is 0.00000156. The smallest absolute Gasteiger partial charge is 1.00 e. The second kappa shape index (κ2) is 8.24. The van der Waals surface area contributed by atoms with Crippen LogP contribution in [0, 0.1) is 0 Å². The van der Waals surface area contributed by atoms with Crippen molar-refractivity contribution >= 4 is 17.0 Å². The van der Waals surface area contributed by atoms with Crippen LogP contribution in [-0.4, -0.2) is 22.1 Å². The van der Waals surface area contributed by atoms with Gasteiger partial charge in [0.2, 0.25) is 5.69 Å². The molecular formula is C18H17N2NaO3. The maximum Gasteiger partial charge on any atom is 1.00 e. The van der Waals surface area contributed by atoms with Crippen LogP contribution >= 0.6 is 0 Å². The molecule has 1 aromatic heterocycles. The first kappa shape index (κ1) is 18.4. The van der Waals surface area contributed by atoms with E-state index in [-0.39, 0.29) is 43.3 Å². The average molecular weight is 332 g/mol. The third-order valence-corrected chi connectivity index (χ3v) is 3.50. The zero-order valence-electron chi connectivity index (χ0n) is 14.7. The summed E-state index contributed by atoms with van der Waals surface area (Å²) in [5.74, 6) is -0.690. The van der Waals surface area contributed by atoms with E-state index in [1.54, 1.807) is 17.6 Å². The third-order valence-electron chi connectivity index (χ3n) is 3.50. The number of carbonyl (C=O) groups excluding carboxylic acids is 1. The predicted octanol–water partition coefficient (Wildman–Crippen LogP) is -0.262. The summed E-state index contributed by atoms with van der Waals surface area (Å²) in [5, 5.41) is 0. The maximum atomic E-state index is 12.7. The largest absolute Gasteiger partial charge is 1.00 e. The van der Waals surface area contributed by atoms with Crippen LogP contribution in [0.5, 0.6) is 0 Å². The number of carbonyl (C=O) groups is 1. The number of hydrogen-bond acceptors (Lipinski definition) is 4. The molecule has 3 aromatic rings. The molecule has 6 heteroatoms. The molecule has 2 aromatic carbocycles. The van der Waals surface area contributed by atoms with Crippen molar-refractivity contribution in [3.63, 3.8) is 0 Å². The van der Waals surface area contributed by atoms with Crippen LogP contribution in [0.1, 0.15) is 24.4 Å². The Bertz CT molecular complexity index is 913. The SMILES string of the molecule is CCOC(=O)c1nc2ccccc2n(Cc2ccccc2)c1=O.[H-].[Na+]. The van der Waals surface area contributed by atoms with Crippen LogP contribution in [0.3, 0.4) is 0 Å². The molecule has 3 rings (SSSR count). The number of fused-ring (bicyclic) bond motifs is 1. The van der Waals surface area contributed by atoms with E-state index < -0.39 is 11.5 Å². The fourth-order valence-electron chi connectivity index (χ4n) is 2.45. The number of nitrogens with zero attached hydrogens (tertiary/aromatic N) is 2.